The topological polar surface area (TPSA) is 72.0 Å². The number of carbonyl (C=O) groups excluding carboxylic acids is 1. The molecular weight excluding hydrogens is 318 g/mol. The molecule has 0 amide bonds. The zero-order valence-electron chi connectivity index (χ0n) is 16.9. The van der Waals surface area contributed by atoms with Crippen LogP contribution >= 0.6 is 0 Å². The zero-order valence-corrected chi connectivity index (χ0v) is 16.9. The lowest BCUT2D eigenvalue weighted by molar-refractivity contribution is -0.149. The Morgan fingerprint density at radius 2 is 1.84 bits per heavy atom. The monoisotopic (exact) mass is 355 g/mol. The highest BCUT2D eigenvalue weighted by Crippen LogP contribution is 2.25. The van der Waals surface area contributed by atoms with Gasteiger partial charge in [0.1, 0.15) is 0 Å². The number of methoxy groups -OCH3 is 1. The molecule has 2 N–H and O–H groups in total. The molecule has 6 heteroatoms. The van der Waals surface area contributed by atoms with E-state index >= 15 is 0 Å². The Labute approximate surface area is 153 Å². The lowest BCUT2D eigenvalue weighted by Gasteiger charge is -2.30. The SMILES string of the molecule is CCNC(=NCC(OC)C(C)(C)C)NC1CCC(C(=O)OCC)CC1. The molecule has 0 radical (unpaired) electrons. The lowest BCUT2D eigenvalue weighted by Crippen LogP contribution is -2.46. The number of nitrogens with one attached hydrogen (secondary N) is 2. The third-order valence-electron chi connectivity index (χ3n) is 4.70. The summed E-state index contributed by atoms with van der Waals surface area (Å²) in [6.07, 6.45) is 3.74. The molecule has 0 aliphatic heterocycles. The number of hydrogen-bond acceptors (Lipinski definition) is 4. The fourth-order valence-electron chi connectivity index (χ4n) is 3.12. The summed E-state index contributed by atoms with van der Waals surface area (Å²) in [5.41, 5.74) is 0.0489. The summed E-state index contributed by atoms with van der Waals surface area (Å²) in [6.45, 7) is 12.3. The van der Waals surface area contributed by atoms with E-state index in [1.165, 1.54) is 0 Å². The Balaban J connectivity index is 2.55. The van der Waals surface area contributed by atoms with Crippen molar-refractivity contribution in [2.75, 3.05) is 26.8 Å². The van der Waals surface area contributed by atoms with E-state index in [1.807, 2.05) is 6.92 Å². The Morgan fingerprint density at radius 3 is 2.32 bits per heavy atom. The van der Waals surface area contributed by atoms with Crippen LogP contribution in [0.3, 0.4) is 0 Å². The molecule has 1 saturated carbocycles. The Bertz CT molecular complexity index is 424. The highest BCUT2D eigenvalue weighted by molar-refractivity contribution is 5.80. The van der Waals surface area contributed by atoms with Gasteiger partial charge in [0.05, 0.1) is 25.2 Å². The second-order valence-corrected chi connectivity index (χ2v) is 7.75. The molecule has 6 nitrogen and oxygen atoms in total. The number of guanidine groups is 1. The van der Waals surface area contributed by atoms with Crippen molar-refractivity contribution in [3.63, 3.8) is 0 Å². The van der Waals surface area contributed by atoms with Gasteiger partial charge in [0.25, 0.3) is 0 Å². The molecule has 146 valence electrons. The van der Waals surface area contributed by atoms with Crippen molar-refractivity contribution in [3.8, 4) is 0 Å². The number of carbonyl (C=O) groups is 1. The Morgan fingerprint density at radius 1 is 1.20 bits per heavy atom. The van der Waals surface area contributed by atoms with Gasteiger partial charge in [-0.15, -0.1) is 0 Å². The van der Waals surface area contributed by atoms with Gasteiger partial charge in [0, 0.05) is 19.7 Å². The van der Waals surface area contributed by atoms with E-state index in [4.69, 9.17) is 14.5 Å². The summed E-state index contributed by atoms with van der Waals surface area (Å²) < 4.78 is 10.7. The van der Waals surface area contributed by atoms with Gasteiger partial charge in [-0.3, -0.25) is 9.79 Å². The fraction of sp³-hybridized carbons (Fsp3) is 0.895. The minimum Gasteiger partial charge on any atom is -0.466 e. The Kier molecular flexibility index (Phi) is 9.25. The van der Waals surface area contributed by atoms with Crippen LogP contribution in [0.2, 0.25) is 0 Å². The van der Waals surface area contributed by atoms with Gasteiger partial charge in [0.15, 0.2) is 5.96 Å². The first kappa shape index (κ1) is 21.7. The number of ether oxygens (including phenoxy) is 2. The highest BCUT2D eigenvalue weighted by Gasteiger charge is 2.28. The average Bonchev–Trinajstić information content (AvgIpc) is 2.55. The molecule has 1 aliphatic carbocycles. The van der Waals surface area contributed by atoms with Crippen molar-refractivity contribution in [2.45, 2.75) is 72.4 Å². The quantitative estimate of drug-likeness (QED) is 0.417. The van der Waals surface area contributed by atoms with Crippen molar-refractivity contribution in [1.29, 1.82) is 0 Å². The molecular formula is C19H37N3O3. The second-order valence-electron chi connectivity index (χ2n) is 7.75. The van der Waals surface area contributed by atoms with Gasteiger partial charge < -0.3 is 20.1 Å². The van der Waals surface area contributed by atoms with Crippen molar-refractivity contribution in [3.05, 3.63) is 0 Å². The first-order valence-corrected chi connectivity index (χ1v) is 9.56. The molecule has 0 aromatic carbocycles. The van der Waals surface area contributed by atoms with E-state index in [-0.39, 0.29) is 23.4 Å². The molecule has 0 heterocycles. The van der Waals surface area contributed by atoms with Crippen molar-refractivity contribution in [1.82, 2.24) is 10.6 Å². The number of rotatable bonds is 7. The van der Waals surface area contributed by atoms with Crippen LogP contribution in [0.5, 0.6) is 0 Å². The van der Waals surface area contributed by atoms with Crippen LogP contribution in [0, 0.1) is 11.3 Å². The van der Waals surface area contributed by atoms with E-state index in [0.29, 0.717) is 19.2 Å². The largest absolute Gasteiger partial charge is 0.466 e. The first-order valence-electron chi connectivity index (χ1n) is 9.56. The van der Waals surface area contributed by atoms with Crippen LogP contribution in [-0.2, 0) is 14.3 Å². The minimum atomic E-state index is -0.0466. The van der Waals surface area contributed by atoms with Crippen LogP contribution in [0.15, 0.2) is 4.99 Å². The van der Waals surface area contributed by atoms with Gasteiger partial charge >= 0.3 is 5.97 Å². The number of aliphatic imine (C=N–C) groups is 1. The van der Waals surface area contributed by atoms with Gasteiger partial charge in [-0.1, -0.05) is 20.8 Å². The molecule has 1 atom stereocenters. The van der Waals surface area contributed by atoms with Gasteiger partial charge in [-0.25, -0.2) is 0 Å². The van der Waals surface area contributed by atoms with E-state index in [1.54, 1.807) is 7.11 Å². The van der Waals surface area contributed by atoms with Crippen LogP contribution in [0.1, 0.15) is 60.3 Å². The number of esters is 1. The molecule has 1 unspecified atom stereocenters. The summed E-state index contributed by atoms with van der Waals surface area (Å²) in [5, 5.41) is 6.82. The highest BCUT2D eigenvalue weighted by atomic mass is 16.5. The van der Waals surface area contributed by atoms with Crippen molar-refractivity contribution >= 4 is 11.9 Å². The minimum absolute atomic E-state index is 0.0466. The first-order chi connectivity index (χ1) is 11.8. The fourth-order valence-corrected chi connectivity index (χ4v) is 3.12. The van der Waals surface area contributed by atoms with Gasteiger partial charge in [-0.05, 0) is 44.9 Å². The van der Waals surface area contributed by atoms with Gasteiger partial charge in [0.2, 0.25) is 0 Å². The summed E-state index contributed by atoms with van der Waals surface area (Å²) >= 11 is 0. The predicted octanol–water partition coefficient (Wildman–Crippen LogP) is 2.72. The smallest absolute Gasteiger partial charge is 0.308 e. The molecule has 1 fully saturated rings. The third kappa shape index (κ3) is 7.63. The van der Waals surface area contributed by atoms with Crippen LogP contribution in [-0.4, -0.2) is 50.9 Å². The normalized spacial score (nSPS) is 23.0. The van der Waals surface area contributed by atoms with Crippen LogP contribution in [0.25, 0.3) is 0 Å². The molecule has 0 saturated heterocycles. The van der Waals surface area contributed by atoms with Crippen LogP contribution < -0.4 is 10.6 Å². The molecule has 0 aromatic heterocycles. The maximum absolute atomic E-state index is 11.8. The van der Waals surface area contributed by atoms with Crippen molar-refractivity contribution in [2.24, 2.45) is 16.3 Å². The van der Waals surface area contributed by atoms with Crippen LogP contribution in [0.4, 0.5) is 0 Å². The maximum Gasteiger partial charge on any atom is 0.308 e. The Hall–Kier alpha value is -1.30. The van der Waals surface area contributed by atoms with E-state index in [2.05, 4.69) is 38.3 Å². The third-order valence-corrected chi connectivity index (χ3v) is 4.70. The molecule has 0 aromatic rings. The number of hydrogen-bond donors (Lipinski definition) is 2. The molecule has 0 spiro atoms. The van der Waals surface area contributed by atoms with E-state index in [9.17, 15) is 4.79 Å². The summed E-state index contributed by atoms with van der Waals surface area (Å²) in [5.74, 6) is 0.833. The summed E-state index contributed by atoms with van der Waals surface area (Å²) in [6, 6.07) is 0.346. The van der Waals surface area contributed by atoms with E-state index < -0.39 is 0 Å². The van der Waals surface area contributed by atoms with Crippen molar-refractivity contribution < 1.29 is 14.3 Å². The summed E-state index contributed by atoms with van der Waals surface area (Å²) in [7, 11) is 1.74. The predicted molar refractivity (Wildman–Crippen MR) is 102 cm³/mol. The summed E-state index contributed by atoms with van der Waals surface area (Å²) in [4.78, 5) is 16.5. The molecule has 25 heavy (non-hydrogen) atoms. The lowest BCUT2D eigenvalue weighted by atomic mass is 9.86. The average molecular weight is 356 g/mol. The zero-order chi connectivity index (χ0) is 18.9. The molecule has 1 rings (SSSR count). The second kappa shape index (κ2) is 10.6. The standard InChI is InChI=1S/C19H37N3O3/c1-7-20-18(21-13-16(24-6)19(3,4)5)22-15-11-9-14(10-12-15)17(23)25-8-2/h14-16H,7-13H2,1-6H3,(H2,20,21,22). The molecule has 0 bridgehead atoms. The van der Waals surface area contributed by atoms with Gasteiger partial charge in [-0.2, -0.15) is 0 Å². The van der Waals surface area contributed by atoms with E-state index in [0.717, 1.165) is 38.2 Å². The maximum atomic E-state index is 11.8. The number of nitrogens with zero attached hydrogens (tertiary/aromatic N) is 1. The molecule has 1 aliphatic rings.